The summed E-state index contributed by atoms with van der Waals surface area (Å²) in [5.74, 6) is 0.971. The summed E-state index contributed by atoms with van der Waals surface area (Å²) in [4.78, 5) is 34.6. The summed E-state index contributed by atoms with van der Waals surface area (Å²) in [5.41, 5.74) is 7.28. The molecule has 0 aliphatic carbocycles. The monoisotopic (exact) mass is 553 g/mol. The predicted molar refractivity (Wildman–Crippen MR) is 160 cm³/mol. The van der Waals surface area contributed by atoms with Crippen molar-refractivity contribution in [2.24, 2.45) is 0 Å². The first-order valence-electron chi connectivity index (χ1n) is 14.8. The summed E-state index contributed by atoms with van der Waals surface area (Å²) in [6.07, 6.45) is 0.710. The Morgan fingerprint density at radius 2 is 1.56 bits per heavy atom. The van der Waals surface area contributed by atoms with Crippen LogP contribution in [0.4, 0.5) is 5.69 Å². The number of piperazine rings is 1. The summed E-state index contributed by atoms with van der Waals surface area (Å²) >= 11 is 0. The van der Waals surface area contributed by atoms with Crippen molar-refractivity contribution in [2.75, 3.05) is 50.8 Å². The Bertz CT molecular complexity index is 1480. The molecule has 3 aromatic carbocycles. The minimum absolute atomic E-state index is 0.00751. The Morgan fingerprint density at radius 1 is 0.854 bits per heavy atom. The molecule has 3 aromatic rings. The van der Waals surface area contributed by atoms with E-state index in [1.165, 1.54) is 16.8 Å². The molecule has 41 heavy (non-hydrogen) atoms. The molecule has 1 saturated heterocycles. The van der Waals surface area contributed by atoms with Crippen LogP contribution in [0.15, 0.2) is 54.6 Å². The van der Waals surface area contributed by atoms with Crippen LogP contribution in [0.25, 0.3) is 0 Å². The molecule has 2 amide bonds. The van der Waals surface area contributed by atoms with E-state index in [1.807, 2.05) is 54.0 Å². The molecular weight excluding hydrogens is 514 g/mol. The maximum atomic E-state index is 14.5. The lowest BCUT2D eigenvalue weighted by atomic mass is 9.75. The van der Waals surface area contributed by atoms with Gasteiger partial charge in [-0.2, -0.15) is 0 Å². The van der Waals surface area contributed by atoms with Gasteiger partial charge < -0.3 is 24.2 Å². The Morgan fingerprint density at radius 3 is 2.29 bits per heavy atom. The van der Waals surface area contributed by atoms with Crippen molar-refractivity contribution in [1.82, 2.24) is 9.80 Å². The average molecular weight is 554 g/mol. The van der Waals surface area contributed by atoms with Gasteiger partial charge in [-0.15, -0.1) is 0 Å². The molecule has 2 atom stereocenters. The van der Waals surface area contributed by atoms with Crippen LogP contribution in [0.2, 0.25) is 0 Å². The number of hydrogen-bond donors (Lipinski definition) is 0. The standard InChI is InChI=1S/C34H39N3O4/c1-5-40-29-20-24-13-14-37-32(27(24)21-30(29)41-6-2)31(25-9-7-8-10-26(25)33(37)38)34(39)36-17-15-35(16-18-36)28-19-22(3)11-12-23(28)4/h7-12,19-21,31-32H,5-6,13-18H2,1-4H3/t31-,32-/m0/s1. The molecular formula is C34H39N3O4. The van der Waals surface area contributed by atoms with E-state index in [9.17, 15) is 9.59 Å². The Balaban J connectivity index is 1.36. The number of ether oxygens (including phenoxy) is 2. The van der Waals surface area contributed by atoms with Gasteiger partial charge in [-0.25, -0.2) is 0 Å². The third-order valence-corrected chi connectivity index (χ3v) is 8.75. The molecule has 0 spiro atoms. The molecule has 3 aliphatic heterocycles. The van der Waals surface area contributed by atoms with Crippen molar-refractivity contribution < 1.29 is 19.1 Å². The van der Waals surface area contributed by atoms with Gasteiger partial charge in [0.15, 0.2) is 11.5 Å². The molecule has 0 bridgehead atoms. The lowest BCUT2D eigenvalue weighted by Crippen LogP contribution is -2.54. The number of hydrogen-bond acceptors (Lipinski definition) is 5. The van der Waals surface area contributed by atoms with E-state index >= 15 is 0 Å². The second-order valence-electron chi connectivity index (χ2n) is 11.2. The molecule has 0 N–H and O–H groups in total. The van der Waals surface area contributed by atoms with E-state index in [2.05, 4.69) is 43.0 Å². The predicted octanol–water partition coefficient (Wildman–Crippen LogP) is 5.29. The maximum Gasteiger partial charge on any atom is 0.254 e. The lowest BCUT2D eigenvalue weighted by Gasteiger charge is -2.47. The van der Waals surface area contributed by atoms with Crippen LogP contribution >= 0.6 is 0 Å². The number of carbonyl (C=O) groups excluding carboxylic acids is 2. The Hall–Kier alpha value is -4.00. The van der Waals surface area contributed by atoms with Crippen LogP contribution in [0.1, 0.15) is 64.0 Å². The zero-order valence-electron chi connectivity index (χ0n) is 24.5. The molecule has 0 unspecified atom stereocenters. The second kappa shape index (κ2) is 11.1. The normalized spacial score (nSPS) is 19.8. The van der Waals surface area contributed by atoms with E-state index in [0.29, 0.717) is 50.6 Å². The van der Waals surface area contributed by atoms with Crippen LogP contribution in [-0.2, 0) is 11.2 Å². The molecule has 3 heterocycles. The Kier molecular flexibility index (Phi) is 7.37. The highest BCUT2D eigenvalue weighted by Crippen LogP contribution is 2.49. The highest BCUT2D eigenvalue weighted by Gasteiger charge is 2.48. The number of nitrogens with zero attached hydrogens (tertiary/aromatic N) is 3. The summed E-state index contributed by atoms with van der Waals surface area (Å²) in [6.45, 7) is 12.6. The number of rotatable bonds is 6. The third-order valence-electron chi connectivity index (χ3n) is 8.75. The summed E-state index contributed by atoms with van der Waals surface area (Å²) < 4.78 is 11.9. The van der Waals surface area contributed by atoms with Gasteiger partial charge >= 0.3 is 0 Å². The first-order chi connectivity index (χ1) is 19.9. The fourth-order valence-electron chi connectivity index (χ4n) is 6.76. The number of benzene rings is 3. The zero-order valence-corrected chi connectivity index (χ0v) is 24.5. The van der Waals surface area contributed by atoms with Crippen molar-refractivity contribution >= 4 is 17.5 Å². The quantitative estimate of drug-likeness (QED) is 0.415. The number of fused-ring (bicyclic) bond motifs is 4. The first-order valence-corrected chi connectivity index (χ1v) is 14.8. The number of anilines is 1. The first kappa shape index (κ1) is 27.2. The van der Waals surface area contributed by atoms with Crippen LogP contribution in [0, 0.1) is 13.8 Å². The van der Waals surface area contributed by atoms with Gasteiger partial charge in [0.1, 0.15) is 0 Å². The molecule has 7 heteroatoms. The van der Waals surface area contributed by atoms with Crippen molar-refractivity contribution in [3.63, 3.8) is 0 Å². The average Bonchev–Trinajstić information content (AvgIpc) is 2.99. The summed E-state index contributed by atoms with van der Waals surface area (Å²) in [6, 6.07) is 17.9. The SMILES string of the molecule is CCOc1cc2c(cc1OCC)[C@H]1[C@@H](C(=O)N3CCN(c4cc(C)ccc4C)CC3)c3ccccc3C(=O)N1CC2. The molecule has 0 saturated carbocycles. The van der Waals surface area contributed by atoms with Gasteiger partial charge in [0, 0.05) is 44.0 Å². The van der Waals surface area contributed by atoms with Crippen molar-refractivity contribution in [2.45, 2.75) is 46.1 Å². The van der Waals surface area contributed by atoms with Gasteiger partial charge in [-0.05, 0) is 86.2 Å². The molecule has 1 fully saturated rings. The molecule has 214 valence electrons. The highest BCUT2D eigenvalue weighted by molar-refractivity contribution is 6.01. The van der Waals surface area contributed by atoms with Crippen molar-refractivity contribution in [1.29, 1.82) is 0 Å². The third kappa shape index (κ3) is 4.81. The zero-order chi connectivity index (χ0) is 28.7. The minimum atomic E-state index is -0.484. The van der Waals surface area contributed by atoms with Crippen LogP contribution < -0.4 is 14.4 Å². The van der Waals surface area contributed by atoms with Gasteiger partial charge in [-0.3, -0.25) is 9.59 Å². The van der Waals surface area contributed by atoms with E-state index in [1.54, 1.807) is 0 Å². The Labute approximate surface area is 242 Å². The second-order valence-corrected chi connectivity index (χ2v) is 11.2. The van der Waals surface area contributed by atoms with E-state index in [4.69, 9.17) is 9.47 Å². The fraction of sp³-hybridized carbons (Fsp3) is 0.412. The summed E-state index contributed by atoms with van der Waals surface area (Å²) in [5, 5.41) is 0. The van der Waals surface area contributed by atoms with Crippen LogP contribution in [0.5, 0.6) is 11.5 Å². The van der Waals surface area contributed by atoms with Crippen LogP contribution in [-0.4, -0.2) is 67.6 Å². The smallest absolute Gasteiger partial charge is 0.254 e. The number of carbonyl (C=O) groups is 2. The van der Waals surface area contributed by atoms with E-state index < -0.39 is 5.92 Å². The van der Waals surface area contributed by atoms with Gasteiger partial charge in [0.25, 0.3) is 5.91 Å². The van der Waals surface area contributed by atoms with Gasteiger partial charge in [0.2, 0.25) is 5.91 Å². The highest BCUT2D eigenvalue weighted by atomic mass is 16.5. The molecule has 3 aliphatic rings. The van der Waals surface area contributed by atoms with E-state index in [-0.39, 0.29) is 17.9 Å². The van der Waals surface area contributed by atoms with Crippen molar-refractivity contribution in [3.8, 4) is 11.5 Å². The number of aryl methyl sites for hydroxylation is 2. The molecule has 6 rings (SSSR count). The lowest BCUT2D eigenvalue weighted by molar-refractivity contribution is -0.135. The minimum Gasteiger partial charge on any atom is -0.490 e. The topological polar surface area (TPSA) is 62.3 Å². The molecule has 0 aromatic heterocycles. The van der Waals surface area contributed by atoms with E-state index in [0.717, 1.165) is 35.5 Å². The molecule has 0 radical (unpaired) electrons. The van der Waals surface area contributed by atoms with Gasteiger partial charge in [-0.1, -0.05) is 30.3 Å². The molecule has 7 nitrogen and oxygen atoms in total. The van der Waals surface area contributed by atoms with Gasteiger partial charge in [0.05, 0.1) is 25.2 Å². The summed E-state index contributed by atoms with van der Waals surface area (Å²) in [7, 11) is 0. The number of amides is 2. The largest absolute Gasteiger partial charge is 0.490 e. The van der Waals surface area contributed by atoms with Crippen LogP contribution in [0.3, 0.4) is 0 Å². The van der Waals surface area contributed by atoms with Crippen molar-refractivity contribution in [3.05, 3.63) is 88.0 Å². The maximum absolute atomic E-state index is 14.5. The fourth-order valence-corrected chi connectivity index (χ4v) is 6.76.